The number of carbonyl (C=O) groups excluding carboxylic acids is 2. The number of carbonyl (C=O) groups is 2. The molecule has 1 aliphatic carbocycles. The van der Waals surface area contributed by atoms with E-state index in [1.54, 1.807) is 0 Å². The van der Waals surface area contributed by atoms with E-state index in [1.165, 1.54) is 22.6 Å². The second-order valence-corrected chi connectivity index (χ2v) is 12.7. The van der Waals surface area contributed by atoms with Gasteiger partial charge in [-0.1, -0.05) is 45.0 Å². The third-order valence-electron chi connectivity index (χ3n) is 9.06. The summed E-state index contributed by atoms with van der Waals surface area (Å²) in [5.74, 6) is 0.718. The molecule has 6 nitrogen and oxygen atoms in total. The SMILES string of the molecule is CC(C)(C)C1CCC(OC[C@H](O)C[NH+]2CCC(CN3C(=O)c4cccc5cccc(c45)C3=O)CC2)CC1. The van der Waals surface area contributed by atoms with Gasteiger partial charge >= 0.3 is 0 Å². The Morgan fingerprint density at radius 1 is 0.946 bits per heavy atom. The first kappa shape index (κ1) is 26.3. The molecule has 0 spiro atoms. The molecule has 0 unspecified atom stereocenters. The van der Waals surface area contributed by atoms with Gasteiger partial charge in [-0.15, -0.1) is 0 Å². The van der Waals surface area contributed by atoms with E-state index in [9.17, 15) is 14.7 Å². The van der Waals surface area contributed by atoms with Crippen molar-refractivity contribution >= 4 is 22.6 Å². The number of aliphatic hydroxyl groups is 1. The molecule has 200 valence electrons. The molecule has 0 radical (unpaired) electrons. The number of piperidine rings is 1. The van der Waals surface area contributed by atoms with Crippen molar-refractivity contribution in [2.45, 2.75) is 71.5 Å². The maximum atomic E-state index is 13.2. The van der Waals surface area contributed by atoms with Crippen molar-refractivity contribution in [1.82, 2.24) is 4.90 Å². The number of nitrogens with one attached hydrogen (secondary N) is 1. The zero-order chi connectivity index (χ0) is 26.2. The molecular formula is C31H43N2O4+. The summed E-state index contributed by atoms with van der Waals surface area (Å²) in [4.78, 5) is 29.3. The van der Waals surface area contributed by atoms with E-state index in [2.05, 4.69) is 20.8 Å². The van der Waals surface area contributed by atoms with Crippen molar-refractivity contribution in [1.29, 1.82) is 0 Å². The molecule has 1 saturated carbocycles. The third-order valence-corrected chi connectivity index (χ3v) is 9.06. The maximum Gasteiger partial charge on any atom is 0.261 e. The highest BCUT2D eigenvalue weighted by atomic mass is 16.5. The van der Waals surface area contributed by atoms with Crippen molar-refractivity contribution in [3.05, 3.63) is 47.5 Å². The van der Waals surface area contributed by atoms with Crippen LogP contribution in [0.15, 0.2) is 36.4 Å². The van der Waals surface area contributed by atoms with Crippen LogP contribution in [0, 0.1) is 17.3 Å². The number of hydrogen-bond donors (Lipinski definition) is 2. The van der Waals surface area contributed by atoms with Crippen LogP contribution >= 0.6 is 0 Å². The second kappa shape index (κ2) is 10.8. The minimum Gasteiger partial charge on any atom is -0.385 e. The highest BCUT2D eigenvalue weighted by Crippen LogP contribution is 2.38. The van der Waals surface area contributed by atoms with Gasteiger partial charge in [0.15, 0.2) is 0 Å². The summed E-state index contributed by atoms with van der Waals surface area (Å²) in [6.45, 7) is 10.5. The largest absolute Gasteiger partial charge is 0.385 e. The number of likely N-dealkylation sites (tertiary alicyclic amines) is 1. The van der Waals surface area contributed by atoms with E-state index in [-0.39, 0.29) is 17.9 Å². The fourth-order valence-corrected chi connectivity index (χ4v) is 6.71. The molecule has 37 heavy (non-hydrogen) atoms. The van der Waals surface area contributed by atoms with Gasteiger partial charge in [-0.05, 0) is 60.5 Å². The van der Waals surface area contributed by atoms with Crippen LogP contribution < -0.4 is 4.90 Å². The third kappa shape index (κ3) is 5.76. The lowest BCUT2D eigenvalue weighted by molar-refractivity contribution is -0.909. The molecule has 1 atom stereocenters. The van der Waals surface area contributed by atoms with Crippen LogP contribution in [0.4, 0.5) is 0 Å². The summed E-state index contributed by atoms with van der Waals surface area (Å²) in [7, 11) is 0. The molecule has 2 fully saturated rings. The van der Waals surface area contributed by atoms with E-state index < -0.39 is 6.10 Å². The lowest BCUT2D eigenvalue weighted by atomic mass is 9.72. The van der Waals surface area contributed by atoms with Crippen molar-refractivity contribution in [3.63, 3.8) is 0 Å². The minimum atomic E-state index is -0.450. The number of rotatable bonds is 7. The Morgan fingerprint density at radius 2 is 1.54 bits per heavy atom. The highest BCUT2D eigenvalue weighted by molar-refractivity contribution is 6.25. The molecule has 2 aliphatic heterocycles. The van der Waals surface area contributed by atoms with Gasteiger partial charge in [0.25, 0.3) is 11.8 Å². The Morgan fingerprint density at radius 3 is 2.11 bits per heavy atom. The van der Waals surface area contributed by atoms with E-state index in [0.29, 0.717) is 42.2 Å². The molecule has 2 heterocycles. The van der Waals surface area contributed by atoms with Crippen LogP contribution in [0.1, 0.15) is 80.0 Å². The van der Waals surface area contributed by atoms with Gasteiger partial charge in [-0.2, -0.15) is 0 Å². The molecule has 0 aromatic heterocycles. The van der Waals surface area contributed by atoms with Gasteiger partial charge in [-0.3, -0.25) is 14.5 Å². The molecule has 1 saturated heterocycles. The Balaban J connectivity index is 1.07. The Kier molecular flexibility index (Phi) is 7.71. The van der Waals surface area contributed by atoms with E-state index in [4.69, 9.17) is 4.74 Å². The van der Waals surface area contributed by atoms with Crippen molar-refractivity contribution < 1.29 is 24.3 Å². The zero-order valence-corrected chi connectivity index (χ0v) is 22.7. The molecule has 5 rings (SSSR count). The smallest absolute Gasteiger partial charge is 0.261 e. The average molecular weight is 508 g/mol. The Hall–Kier alpha value is -2.28. The molecule has 6 heteroatoms. The zero-order valence-electron chi connectivity index (χ0n) is 22.7. The van der Waals surface area contributed by atoms with Crippen LogP contribution in [-0.4, -0.2) is 66.8 Å². The van der Waals surface area contributed by atoms with Crippen molar-refractivity contribution in [2.24, 2.45) is 17.3 Å². The predicted octanol–water partition coefficient (Wildman–Crippen LogP) is 3.71. The normalized spacial score (nSPS) is 27.5. The van der Waals surface area contributed by atoms with Crippen LogP contribution in [0.2, 0.25) is 0 Å². The number of hydrogen-bond acceptors (Lipinski definition) is 4. The number of amides is 2. The summed E-state index contributed by atoms with van der Waals surface area (Å²) in [5, 5.41) is 12.4. The van der Waals surface area contributed by atoms with Gasteiger partial charge in [-0.25, -0.2) is 0 Å². The van der Waals surface area contributed by atoms with Crippen LogP contribution in [-0.2, 0) is 4.74 Å². The predicted molar refractivity (Wildman–Crippen MR) is 145 cm³/mol. The van der Waals surface area contributed by atoms with Gasteiger partial charge < -0.3 is 14.7 Å². The molecule has 2 aromatic rings. The topological polar surface area (TPSA) is 71.3 Å². The summed E-state index contributed by atoms with van der Waals surface area (Å²) in [6, 6.07) is 11.4. The quantitative estimate of drug-likeness (QED) is 0.561. The monoisotopic (exact) mass is 507 g/mol. The van der Waals surface area contributed by atoms with Crippen molar-refractivity contribution in [2.75, 3.05) is 32.8 Å². The van der Waals surface area contributed by atoms with Gasteiger partial charge in [0.1, 0.15) is 12.6 Å². The van der Waals surface area contributed by atoms with Gasteiger partial charge in [0.2, 0.25) is 0 Å². The van der Waals surface area contributed by atoms with Crippen LogP contribution in [0.5, 0.6) is 0 Å². The fraction of sp³-hybridized carbons (Fsp3) is 0.613. The Labute approximate surface area is 221 Å². The highest BCUT2D eigenvalue weighted by Gasteiger charge is 2.36. The second-order valence-electron chi connectivity index (χ2n) is 12.7. The van der Waals surface area contributed by atoms with Gasteiger partial charge in [0, 0.05) is 35.9 Å². The lowest BCUT2D eigenvalue weighted by Crippen LogP contribution is -3.14. The Bertz CT molecular complexity index is 1070. The number of quaternary nitrogens is 1. The maximum absolute atomic E-state index is 13.2. The number of nitrogens with zero attached hydrogens (tertiary/aromatic N) is 1. The molecule has 2 aromatic carbocycles. The van der Waals surface area contributed by atoms with E-state index in [0.717, 1.165) is 55.5 Å². The summed E-state index contributed by atoms with van der Waals surface area (Å²) in [6.07, 6.45) is 6.35. The van der Waals surface area contributed by atoms with Gasteiger partial charge in [0.05, 0.1) is 25.8 Å². The van der Waals surface area contributed by atoms with E-state index >= 15 is 0 Å². The summed E-state index contributed by atoms with van der Waals surface area (Å²) >= 11 is 0. The standard InChI is InChI=1S/C31H42N2O4/c1-31(2,3)23-10-12-25(13-11-23)37-20-24(34)19-32-16-14-21(15-17-32)18-33-29(35)26-8-4-6-22-7-5-9-27(28(22)26)30(33)36/h4-9,21,23-25,34H,10-20H2,1-3H3/p+1/t23?,24-,25?/m1/s1. The number of imide groups is 1. The van der Waals surface area contributed by atoms with E-state index in [1.807, 2.05) is 36.4 Å². The summed E-state index contributed by atoms with van der Waals surface area (Å²) < 4.78 is 6.10. The minimum absolute atomic E-state index is 0.173. The molecule has 2 N–H and O–H groups in total. The first-order valence-electron chi connectivity index (χ1n) is 14.2. The number of aliphatic hydroxyl groups excluding tert-OH is 1. The number of ether oxygens (including phenoxy) is 1. The fourth-order valence-electron chi connectivity index (χ4n) is 6.71. The molecule has 2 amide bonds. The molecule has 3 aliphatic rings. The first-order valence-corrected chi connectivity index (χ1v) is 14.2. The lowest BCUT2D eigenvalue weighted by Gasteiger charge is -2.37. The number of benzene rings is 2. The van der Waals surface area contributed by atoms with Crippen LogP contribution in [0.3, 0.4) is 0 Å². The average Bonchev–Trinajstić information content (AvgIpc) is 2.89. The molecular weight excluding hydrogens is 464 g/mol. The van der Waals surface area contributed by atoms with Crippen LogP contribution in [0.25, 0.3) is 10.8 Å². The first-order chi connectivity index (χ1) is 17.7. The summed E-state index contributed by atoms with van der Waals surface area (Å²) in [5.41, 5.74) is 1.63. The molecule has 0 bridgehead atoms. The van der Waals surface area contributed by atoms with Crippen molar-refractivity contribution in [3.8, 4) is 0 Å².